The Hall–Kier alpha value is -2.87. The number of carbonyl (C=O) groups excluding carboxylic acids is 1. The molecule has 0 aliphatic rings. The third-order valence-electron chi connectivity index (χ3n) is 4.07. The van der Waals surface area contributed by atoms with E-state index >= 15 is 0 Å². The summed E-state index contributed by atoms with van der Waals surface area (Å²) in [6.45, 7) is 2.70. The maximum Gasteiger partial charge on any atom is 0.238 e. The zero-order valence-electron chi connectivity index (χ0n) is 15.6. The highest BCUT2D eigenvalue weighted by Gasteiger charge is 2.16. The number of thioether (sulfide) groups is 1. The van der Waals surface area contributed by atoms with E-state index in [2.05, 4.69) is 10.3 Å². The van der Waals surface area contributed by atoms with Crippen molar-refractivity contribution in [2.75, 3.05) is 11.1 Å². The van der Waals surface area contributed by atoms with Gasteiger partial charge in [-0.25, -0.2) is 18.5 Å². The molecule has 0 saturated heterocycles. The number of nitrogens with zero attached hydrogens (tertiary/aromatic N) is 3. The molecular weight excluding hydrogens is 410 g/mol. The van der Waals surface area contributed by atoms with Crippen molar-refractivity contribution >= 4 is 44.4 Å². The number of hydrogen-bond donors (Lipinski definition) is 2. The van der Waals surface area contributed by atoms with Gasteiger partial charge in [0.15, 0.2) is 5.16 Å². The monoisotopic (exact) mass is 429 g/mol. The summed E-state index contributed by atoms with van der Waals surface area (Å²) in [5.74, 6) is -0.114. The lowest BCUT2D eigenvalue weighted by Crippen LogP contribution is -2.14. The molecule has 1 amide bonds. The molecule has 2 aromatic carbocycles. The SMILES string of the molecule is CCCn1c(SCC(=O)Nc2cccc(C#N)c2)nc2cc(S(N)(=O)=O)ccc21. The lowest BCUT2D eigenvalue weighted by molar-refractivity contribution is -0.113. The summed E-state index contributed by atoms with van der Waals surface area (Å²) in [6, 6.07) is 13.3. The number of anilines is 1. The van der Waals surface area contributed by atoms with Gasteiger partial charge in [0.1, 0.15) is 0 Å². The number of hydrogen-bond acceptors (Lipinski definition) is 6. The number of nitriles is 1. The number of nitrogens with one attached hydrogen (secondary N) is 1. The predicted octanol–water partition coefficient (Wildman–Crippen LogP) is 2.70. The highest BCUT2D eigenvalue weighted by molar-refractivity contribution is 7.99. The first kappa shape index (κ1) is 20.9. The van der Waals surface area contributed by atoms with Crippen molar-refractivity contribution in [2.24, 2.45) is 5.14 Å². The highest BCUT2D eigenvalue weighted by atomic mass is 32.2. The van der Waals surface area contributed by atoms with E-state index in [0.717, 1.165) is 11.9 Å². The largest absolute Gasteiger partial charge is 0.325 e. The van der Waals surface area contributed by atoms with Crippen molar-refractivity contribution < 1.29 is 13.2 Å². The second-order valence-electron chi connectivity index (χ2n) is 6.27. The molecule has 150 valence electrons. The van der Waals surface area contributed by atoms with Crippen LogP contribution in [0.4, 0.5) is 5.69 Å². The van der Waals surface area contributed by atoms with E-state index in [1.165, 1.54) is 23.9 Å². The lowest BCUT2D eigenvalue weighted by atomic mass is 10.2. The van der Waals surface area contributed by atoms with E-state index in [1.54, 1.807) is 30.3 Å². The van der Waals surface area contributed by atoms with Gasteiger partial charge in [-0.05, 0) is 42.8 Å². The third-order valence-corrected chi connectivity index (χ3v) is 5.96. The summed E-state index contributed by atoms with van der Waals surface area (Å²) in [5, 5.41) is 17.5. The van der Waals surface area contributed by atoms with Crippen LogP contribution in [0, 0.1) is 11.3 Å². The van der Waals surface area contributed by atoms with E-state index in [1.807, 2.05) is 17.6 Å². The first-order valence-corrected chi connectivity index (χ1v) is 11.3. The van der Waals surface area contributed by atoms with Gasteiger partial charge in [0.05, 0.1) is 33.3 Å². The minimum absolute atomic E-state index is 0.00202. The smallest absolute Gasteiger partial charge is 0.238 e. The molecule has 0 aliphatic heterocycles. The Morgan fingerprint density at radius 3 is 2.79 bits per heavy atom. The van der Waals surface area contributed by atoms with Gasteiger partial charge >= 0.3 is 0 Å². The summed E-state index contributed by atoms with van der Waals surface area (Å²) < 4.78 is 25.1. The molecule has 0 fully saturated rings. The van der Waals surface area contributed by atoms with E-state index < -0.39 is 10.0 Å². The second kappa shape index (κ2) is 8.65. The average Bonchev–Trinajstić information content (AvgIpc) is 3.03. The number of rotatable bonds is 7. The van der Waals surface area contributed by atoms with Crippen LogP contribution >= 0.6 is 11.8 Å². The Labute approximate surface area is 172 Å². The van der Waals surface area contributed by atoms with Crippen LogP contribution < -0.4 is 10.5 Å². The van der Waals surface area contributed by atoms with Gasteiger partial charge in [-0.2, -0.15) is 5.26 Å². The number of aromatic nitrogens is 2. The molecule has 0 saturated carbocycles. The van der Waals surface area contributed by atoms with Gasteiger partial charge in [0, 0.05) is 12.2 Å². The molecule has 0 radical (unpaired) electrons. The highest BCUT2D eigenvalue weighted by Crippen LogP contribution is 2.26. The van der Waals surface area contributed by atoms with Crippen molar-refractivity contribution in [2.45, 2.75) is 29.9 Å². The fourth-order valence-corrected chi connectivity index (χ4v) is 4.18. The van der Waals surface area contributed by atoms with Crippen LogP contribution in [0.3, 0.4) is 0 Å². The van der Waals surface area contributed by atoms with Crippen LogP contribution in [0.1, 0.15) is 18.9 Å². The molecule has 1 heterocycles. The number of amides is 1. The number of benzene rings is 2. The molecule has 0 atom stereocenters. The molecule has 0 bridgehead atoms. The number of carbonyl (C=O) groups is 1. The normalized spacial score (nSPS) is 11.3. The van der Waals surface area contributed by atoms with E-state index in [0.29, 0.717) is 28.5 Å². The van der Waals surface area contributed by atoms with Gasteiger partial charge in [-0.15, -0.1) is 0 Å². The predicted molar refractivity (Wildman–Crippen MR) is 112 cm³/mol. The van der Waals surface area contributed by atoms with Crippen LogP contribution in [-0.2, 0) is 21.4 Å². The maximum atomic E-state index is 12.3. The van der Waals surface area contributed by atoms with Gasteiger partial charge in [-0.3, -0.25) is 4.79 Å². The molecular formula is C19H19N5O3S2. The molecule has 3 aromatic rings. The molecule has 29 heavy (non-hydrogen) atoms. The molecule has 3 N–H and O–H groups in total. The Kier molecular flexibility index (Phi) is 6.22. The standard InChI is InChI=1S/C19H19N5O3S2/c1-2-8-24-17-7-6-15(29(21,26)27)10-16(17)23-19(24)28-12-18(25)22-14-5-3-4-13(9-14)11-20/h3-7,9-10H,2,8,12H2,1H3,(H,22,25)(H2,21,26,27). The first-order chi connectivity index (χ1) is 13.8. The molecule has 3 rings (SSSR count). The van der Waals surface area contributed by atoms with E-state index in [4.69, 9.17) is 10.4 Å². The van der Waals surface area contributed by atoms with Crippen LogP contribution in [-0.4, -0.2) is 29.6 Å². The fraction of sp³-hybridized carbons (Fsp3) is 0.211. The summed E-state index contributed by atoms with van der Waals surface area (Å²) in [7, 11) is -3.82. The third kappa shape index (κ3) is 4.95. The quantitative estimate of drug-likeness (QED) is 0.555. The van der Waals surface area contributed by atoms with Crippen molar-refractivity contribution in [3.8, 4) is 6.07 Å². The molecule has 0 spiro atoms. The number of sulfonamides is 1. The van der Waals surface area contributed by atoms with Gasteiger partial charge in [0.25, 0.3) is 0 Å². The number of aryl methyl sites for hydroxylation is 1. The van der Waals surface area contributed by atoms with Gasteiger partial charge in [-0.1, -0.05) is 24.8 Å². The molecule has 0 unspecified atom stereocenters. The van der Waals surface area contributed by atoms with Crippen molar-refractivity contribution in [3.05, 3.63) is 48.0 Å². The van der Waals surface area contributed by atoms with Crippen LogP contribution in [0.25, 0.3) is 11.0 Å². The molecule has 10 heteroatoms. The van der Waals surface area contributed by atoms with Crippen LogP contribution in [0.5, 0.6) is 0 Å². The Morgan fingerprint density at radius 1 is 1.31 bits per heavy atom. The topological polar surface area (TPSA) is 131 Å². The minimum Gasteiger partial charge on any atom is -0.325 e. The number of fused-ring (bicyclic) bond motifs is 1. The maximum absolute atomic E-state index is 12.3. The fourth-order valence-electron chi connectivity index (χ4n) is 2.81. The van der Waals surface area contributed by atoms with Gasteiger partial charge in [0.2, 0.25) is 15.9 Å². The zero-order valence-corrected chi connectivity index (χ0v) is 17.3. The summed E-state index contributed by atoms with van der Waals surface area (Å²) in [5.41, 5.74) is 2.30. The van der Waals surface area contributed by atoms with Crippen molar-refractivity contribution in [3.63, 3.8) is 0 Å². The van der Waals surface area contributed by atoms with E-state index in [-0.39, 0.29) is 16.6 Å². The number of nitrogens with two attached hydrogens (primary N) is 1. The van der Waals surface area contributed by atoms with Gasteiger partial charge < -0.3 is 9.88 Å². The van der Waals surface area contributed by atoms with Crippen LogP contribution in [0.2, 0.25) is 0 Å². The number of primary sulfonamides is 1. The lowest BCUT2D eigenvalue weighted by Gasteiger charge is -2.08. The minimum atomic E-state index is -3.82. The Bertz CT molecular complexity index is 1210. The van der Waals surface area contributed by atoms with E-state index in [9.17, 15) is 13.2 Å². The molecule has 1 aromatic heterocycles. The zero-order chi connectivity index (χ0) is 21.0. The Morgan fingerprint density at radius 2 is 2.10 bits per heavy atom. The van der Waals surface area contributed by atoms with Crippen molar-refractivity contribution in [1.82, 2.24) is 9.55 Å². The second-order valence-corrected chi connectivity index (χ2v) is 8.77. The number of imidazole rings is 1. The summed E-state index contributed by atoms with van der Waals surface area (Å²) >= 11 is 1.26. The van der Waals surface area contributed by atoms with Crippen molar-refractivity contribution in [1.29, 1.82) is 5.26 Å². The summed E-state index contributed by atoms with van der Waals surface area (Å²) in [6.07, 6.45) is 0.850. The summed E-state index contributed by atoms with van der Waals surface area (Å²) in [4.78, 5) is 16.8. The first-order valence-electron chi connectivity index (χ1n) is 8.77. The molecule has 0 aliphatic carbocycles. The molecule has 8 nitrogen and oxygen atoms in total. The van der Waals surface area contributed by atoms with Crippen LogP contribution in [0.15, 0.2) is 52.5 Å². The average molecular weight is 430 g/mol. The Balaban J connectivity index is 1.80.